The van der Waals surface area contributed by atoms with E-state index in [4.69, 9.17) is 18.9 Å². The molecule has 7 heteroatoms. The Hall–Kier alpha value is -2.77. The minimum atomic E-state index is -0.790. The zero-order valence-corrected chi connectivity index (χ0v) is 20.2. The predicted molar refractivity (Wildman–Crippen MR) is 126 cm³/mol. The van der Waals surface area contributed by atoms with Crippen LogP contribution in [0.25, 0.3) is 0 Å². The first kappa shape index (κ1) is 24.9. The molecular formula is C26H35NO6. The number of methoxy groups -OCH3 is 2. The van der Waals surface area contributed by atoms with Crippen LogP contribution in [0.5, 0.6) is 11.5 Å². The maximum Gasteiger partial charge on any atom is 0.410 e. The third kappa shape index (κ3) is 6.85. The van der Waals surface area contributed by atoms with E-state index >= 15 is 0 Å². The Morgan fingerprint density at radius 3 is 2.33 bits per heavy atom. The highest BCUT2D eigenvalue weighted by Gasteiger charge is 2.27. The molecule has 1 atom stereocenters. The van der Waals surface area contributed by atoms with Crippen LogP contribution in [0.15, 0.2) is 42.5 Å². The number of piperidine rings is 1. The first-order valence-corrected chi connectivity index (χ1v) is 11.3. The highest BCUT2D eigenvalue weighted by atomic mass is 16.6. The van der Waals surface area contributed by atoms with E-state index in [1.807, 2.05) is 51.1 Å². The quantitative estimate of drug-likeness (QED) is 0.649. The Morgan fingerprint density at radius 2 is 1.70 bits per heavy atom. The number of hydrogen-bond acceptors (Lipinski definition) is 6. The molecule has 1 fully saturated rings. The van der Waals surface area contributed by atoms with Crippen LogP contribution in [0.4, 0.5) is 4.79 Å². The number of ether oxygens (including phenoxy) is 4. The van der Waals surface area contributed by atoms with Crippen molar-refractivity contribution >= 4 is 6.09 Å². The van der Waals surface area contributed by atoms with Gasteiger partial charge in [-0.15, -0.1) is 0 Å². The maximum atomic E-state index is 12.2. The number of benzene rings is 2. The molecule has 1 aliphatic heterocycles. The Kier molecular flexibility index (Phi) is 8.21. The van der Waals surface area contributed by atoms with Crippen molar-refractivity contribution in [1.82, 2.24) is 4.90 Å². The van der Waals surface area contributed by atoms with Crippen molar-refractivity contribution < 1.29 is 28.8 Å². The summed E-state index contributed by atoms with van der Waals surface area (Å²) >= 11 is 0. The second-order valence-corrected chi connectivity index (χ2v) is 9.24. The molecular weight excluding hydrogens is 422 g/mol. The Bertz CT molecular complexity index is 931. The van der Waals surface area contributed by atoms with Gasteiger partial charge in [0.05, 0.1) is 26.9 Å². The van der Waals surface area contributed by atoms with Crippen molar-refractivity contribution in [1.29, 1.82) is 0 Å². The van der Waals surface area contributed by atoms with E-state index in [1.54, 1.807) is 31.3 Å². The van der Waals surface area contributed by atoms with Crippen molar-refractivity contribution in [3.63, 3.8) is 0 Å². The molecule has 33 heavy (non-hydrogen) atoms. The molecule has 2 aromatic carbocycles. The van der Waals surface area contributed by atoms with Gasteiger partial charge in [-0.05, 0) is 62.4 Å². The lowest BCUT2D eigenvalue weighted by Gasteiger charge is -2.33. The van der Waals surface area contributed by atoms with Gasteiger partial charge in [-0.2, -0.15) is 0 Å². The van der Waals surface area contributed by atoms with Crippen molar-refractivity contribution in [2.75, 3.05) is 27.3 Å². The second-order valence-electron chi connectivity index (χ2n) is 9.24. The SMILES string of the molecule is COc1ccc(C(O)c2cccc(COC3CCN(C(=O)OC(C)(C)C)CC3)c2)cc1OC. The van der Waals surface area contributed by atoms with Crippen LogP contribution in [0.2, 0.25) is 0 Å². The Morgan fingerprint density at radius 1 is 1.03 bits per heavy atom. The maximum absolute atomic E-state index is 12.2. The number of carbonyl (C=O) groups excluding carboxylic acids is 1. The molecule has 3 rings (SSSR count). The molecule has 0 aromatic heterocycles. The largest absolute Gasteiger partial charge is 0.493 e. The van der Waals surface area contributed by atoms with Gasteiger partial charge in [-0.25, -0.2) is 4.79 Å². The van der Waals surface area contributed by atoms with Crippen molar-refractivity contribution in [2.24, 2.45) is 0 Å². The molecule has 7 nitrogen and oxygen atoms in total. The smallest absolute Gasteiger partial charge is 0.410 e. The van der Waals surface area contributed by atoms with Gasteiger partial charge in [-0.3, -0.25) is 0 Å². The standard InChI is InChI=1S/C26H35NO6/c1-26(2,3)33-25(29)27-13-11-21(12-14-27)32-17-18-7-6-8-19(15-18)24(28)20-9-10-22(30-4)23(16-20)31-5/h6-10,15-16,21,24,28H,11-14,17H2,1-5H3. The van der Waals surface area contributed by atoms with Crippen LogP contribution >= 0.6 is 0 Å². The highest BCUT2D eigenvalue weighted by Crippen LogP contribution is 2.32. The summed E-state index contributed by atoms with van der Waals surface area (Å²) in [6, 6.07) is 13.2. The average molecular weight is 458 g/mol. The number of aliphatic hydroxyl groups excluding tert-OH is 1. The van der Waals surface area contributed by atoms with Crippen LogP contribution in [-0.2, 0) is 16.1 Å². The number of rotatable bonds is 7. The van der Waals surface area contributed by atoms with Crippen molar-refractivity contribution in [3.05, 3.63) is 59.2 Å². The molecule has 0 aliphatic carbocycles. The highest BCUT2D eigenvalue weighted by molar-refractivity contribution is 5.68. The van der Waals surface area contributed by atoms with Crippen LogP contribution in [0.1, 0.15) is 56.4 Å². The summed E-state index contributed by atoms with van der Waals surface area (Å²) in [5.74, 6) is 1.19. The zero-order chi connectivity index (χ0) is 24.0. The number of amides is 1. The van der Waals surface area contributed by atoms with Gasteiger partial charge in [-0.1, -0.05) is 30.3 Å². The van der Waals surface area contributed by atoms with E-state index in [9.17, 15) is 9.90 Å². The number of nitrogens with zero attached hydrogens (tertiary/aromatic N) is 1. The van der Waals surface area contributed by atoms with E-state index in [1.165, 1.54) is 0 Å². The first-order valence-electron chi connectivity index (χ1n) is 11.3. The van der Waals surface area contributed by atoms with E-state index in [-0.39, 0.29) is 12.2 Å². The molecule has 0 spiro atoms. The summed E-state index contributed by atoms with van der Waals surface area (Å²) in [4.78, 5) is 14.0. The van der Waals surface area contributed by atoms with Crippen molar-refractivity contribution in [2.45, 2.75) is 58.0 Å². The summed E-state index contributed by atoms with van der Waals surface area (Å²) in [7, 11) is 3.16. The van der Waals surface area contributed by atoms with E-state index in [2.05, 4.69) is 0 Å². The molecule has 180 valence electrons. The van der Waals surface area contributed by atoms with Gasteiger partial charge in [0, 0.05) is 13.1 Å². The summed E-state index contributed by atoms with van der Waals surface area (Å²) in [6.45, 7) is 7.31. The van der Waals surface area contributed by atoms with Gasteiger partial charge in [0.1, 0.15) is 11.7 Å². The second kappa shape index (κ2) is 10.9. The topological polar surface area (TPSA) is 77.5 Å². The molecule has 1 saturated heterocycles. The predicted octanol–water partition coefficient (Wildman–Crippen LogP) is 4.70. The molecule has 1 N–H and O–H groups in total. The van der Waals surface area contributed by atoms with Crippen molar-refractivity contribution in [3.8, 4) is 11.5 Å². The lowest BCUT2D eigenvalue weighted by Crippen LogP contribution is -2.43. The third-order valence-electron chi connectivity index (χ3n) is 5.57. The van der Waals surface area contributed by atoms with Crippen LogP contribution in [0, 0.1) is 0 Å². The minimum absolute atomic E-state index is 0.0862. The molecule has 2 aromatic rings. The molecule has 1 amide bonds. The Balaban J connectivity index is 1.55. The minimum Gasteiger partial charge on any atom is -0.493 e. The van der Waals surface area contributed by atoms with E-state index in [0.717, 1.165) is 29.5 Å². The van der Waals surface area contributed by atoms with Crippen LogP contribution in [-0.4, -0.2) is 55.1 Å². The molecule has 1 unspecified atom stereocenters. The van der Waals surface area contributed by atoms with Gasteiger partial charge in [0.2, 0.25) is 0 Å². The number of hydrogen-bond donors (Lipinski definition) is 1. The summed E-state index contributed by atoms with van der Waals surface area (Å²) in [5, 5.41) is 10.9. The van der Waals surface area contributed by atoms with E-state index in [0.29, 0.717) is 31.2 Å². The summed E-state index contributed by atoms with van der Waals surface area (Å²) in [6.07, 6.45) is 0.572. The molecule has 1 aliphatic rings. The summed E-state index contributed by atoms with van der Waals surface area (Å²) in [5.41, 5.74) is 2.00. The van der Waals surface area contributed by atoms with Gasteiger partial charge in [0.15, 0.2) is 11.5 Å². The third-order valence-corrected chi connectivity index (χ3v) is 5.57. The molecule has 0 saturated carbocycles. The first-order chi connectivity index (χ1) is 15.7. The van der Waals surface area contributed by atoms with Gasteiger partial charge in [0.25, 0.3) is 0 Å². The molecule has 0 radical (unpaired) electrons. The number of aliphatic hydroxyl groups is 1. The molecule has 1 heterocycles. The lowest BCUT2D eigenvalue weighted by molar-refractivity contribution is -0.0170. The van der Waals surface area contributed by atoms with E-state index < -0.39 is 11.7 Å². The fourth-order valence-electron chi connectivity index (χ4n) is 3.81. The van der Waals surface area contributed by atoms with Gasteiger partial charge < -0.3 is 29.0 Å². The fourth-order valence-corrected chi connectivity index (χ4v) is 3.81. The number of carbonyl (C=O) groups is 1. The number of likely N-dealkylation sites (tertiary alicyclic amines) is 1. The average Bonchev–Trinajstić information content (AvgIpc) is 2.81. The Labute approximate surface area is 196 Å². The fraction of sp³-hybridized carbons (Fsp3) is 0.500. The summed E-state index contributed by atoms with van der Waals surface area (Å²) < 4.78 is 22.2. The lowest BCUT2D eigenvalue weighted by atomic mass is 9.99. The zero-order valence-electron chi connectivity index (χ0n) is 20.2. The van der Waals surface area contributed by atoms with Crippen LogP contribution in [0.3, 0.4) is 0 Å². The monoisotopic (exact) mass is 457 g/mol. The normalized spacial score (nSPS) is 15.8. The van der Waals surface area contributed by atoms with Crippen LogP contribution < -0.4 is 9.47 Å². The van der Waals surface area contributed by atoms with Gasteiger partial charge >= 0.3 is 6.09 Å². The molecule has 0 bridgehead atoms.